The molecule has 6 heteroatoms. The third-order valence-corrected chi connectivity index (χ3v) is 4.29. The van der Waals surface area contributed by atoms with Crippen LogP contribution in [0.2, 0.25) is 0 Å². The van der Waals surface area contributed by atoms with Crippen LogP contribution < -0.4 is 0 Å². The summed E-state index contributed by atoms with van der Waals surface area (Å²) in [7, 11) is 0. The molecule has 0 radical (unpaired) electrons. The van der Waals surface area contributed by atoms with Gasteiger partial charge in [-0.15, -0.1) is 0 Å². The Balaban J connectivity index is 1.81. The Morgan fingerprint density at radius 2 is 2.32 bits per heavy atom. The minimum atomic E-state index is -0.723. The number of fused-ring (bicyclic) bond motifs is 1. The first-order valence-corrected chi connectivity index (χ1v) is 7.09. The second-order valence-electron chi connectivity index (χ2n) is 5.43. The summed E-state index contributed by atoms with van der Waals surface area (Å²) in [5.41, 5.74) is 0. The molecule has 104 valence electrons. The summed E-state index contributed by atoms with van der Waals surface area (Å²) < 4.78 is 1.81. The van der Waals surface area contributed by atoms with E-state index in [-0.39, 0.29) is 5.92 Å². The van der Waals surface area contributed by atoms with Crippen molar-refractivity contribution in [3.63, 3.8) is 0 Å². The summed E-state index contributed by atoms with van der Waals surface area (Å²) in [6.07, 6.45) is 3.71. The van der Waals surface area contributed by atoms with Crippen LogP contribution in [0.25, 0.3) is 0 Å². The molecule has 0 bridgehead atoms. The third kappa shape index (κ3) is 2.25. The number of carboxylic acids is 1. The summed E-state index contributed by atoms with van der Waals surface area (Å²) in [5.74, 6) is 0.808. The Kier molecular flexibility index (Phi) is 3.26. The maximum atomic E-state index is 11.1. The van der Waals surface area contributed by atoms with Crippen molar-refractivity contribution in [3.05, 3.63) is 11.6 Å². The topological polar surface area (TPSA) is 71.2 Å². The highest BCUT2D eigenvalue weighted by Gasteiger charge is 2.31. The lowest BCUT2D eigenvalue weighted by Crippen LogP contribution is -2.27. The number of hydrogen-bond acceptors (Lipinski definition) is 4. The van der Waals surface area contributed by atoms with Crippen molar-refractivity contribution in [1.82, 2.24) is 19.7 Å². The molecule has 6 nitrogen and oxygen atoms in total. The molecule has 2 atom stereocenters. The van der Waals surface area contributed by atoms with Gasteiger partial charge in [0.05, 0.1) is 18.5 Å². The molecular weight excluding hydrogens is 244 g/mol. The van der Waals surface area contributed by atoms with E-state index in [0.29, 0.717) is 19.0 Å². The van der Waals surface area contributed by atoms with Gasteiger partial charge in [0.25, 0.3) is 0 Å². The third-order valence-electron chi connectivity index (χ3n) is 4.29. The van der Waals surface area contributed by atoms with Gasteiger partial charge >= 0.3 is 5.97 Å². The van der Waals surface area contributed by atoms with Crippen LogP contribution in [-0.4, -0.2) is 43.8 Å². The quantitative estimate of drug-likeness (QED) is 0.884. The van der Waals surface area contributed by atoms with E-state index in [1.807, 2.05) is 4.68 Å². The number of rotatable bonds is 3. The molecule has 3 heterocycles. The molecule has 0 saturated carbocycles. The van der Waals surface area contributed by atoms with Crippen molar-refractivity contribution in [3.8, 4) is 0 Å². The molecule has 3 rings (SSSR count). The zero-order valence-corrected chi connectivity index (χ0v) is 11.2. The van der Waals surface area contributed by atoms with Gasteiger partial charge in [0.15, 0.2) is 5.82 Å². The Labute approximate surface area is 112 Å². The maximum Gasteiger partial charge on any atom is 0.308 e. The van der Waals surface area contributed by atoms with Crippen molar-refractivity contribution < 1.29 is 9.90 Å². The zero-order valence-electron chi connectivity index (χ0n) is 11.2. The Morgan fingerprint density at radius 1 is 1.47 bits per heavy atom. The van der Waals surface area contributed by atoms with E-state index in [4.69, 9.17) is 5.11 Å². The van der Waals surface area contributed by atoms with Gasteiger partial charge in [-0.2, -0.15) is 5.10 Å². The molecule has 0 aliphatic carbocycles. The number of likely N-dealkylation sites (tertiary alicyclic amines) is 1. The molecule has 1 N–H and O–H groups in total. The molecule has 1 saturated heterocycles. The summed E-state index contributed by atoms with van der Waals surface area (Å²) in [4.78, 5) is 18.1. The lowest BCUT2D eigenvalue weighted by molar-refractivity contribution is -0.142. The number of aryl methyl sites for hydroxylation is 1. The number of aromatic nitrogens is 3. The number of carbonyl (C=O) groups is 1. The molecule has 1 aromatic heterocycles. The van der Waals surface area contributed by atoms with Crippen LogP contribution in [0.15, 0.2) is 0 Å². The van der Waals surface area contributed by atoms with Crippen LogP contribution >= 0.6 is 0 Å². The van der Waals surface area contributed by atoms with Gasteiger partial charge in [0.2, 0.25) is 0 Å². The van der Waals surface area contributed by atoms with Crippen LogP contribution in [0.5, 0.6) is 0 Å². The van der Waals surface area contributed by atoms with E-state index in [1.165, 1.54) is 6.42 Å². The van der Waals surface area contributed by atoms with Gasteiger partial charge in [-0.25, -0.2) is 9.67 Å². The van der Waals surface area contributed by atoms with Crippen molar-refractivity contribution in [1.29, 1.82) is 0 Å². The minimum absolute atomic E-state index is 0.312. The van der Waals surface area contributed by atoms with E-state index in [2.05, 4.69) is 21.9 Å². The van der Waals surface area contributed by atoms with Gasteiger partial charge in [0, 0.05) is 6.42 Å². The second-order valence-corrected chi connectivity index (χ2v) is 5.43. The fourth-order valence-corrected chi connectivity index (χ4v) is 3.17. The molecule has 1 aromatic rings. The van der Waals surface area contributed by atoms with Crippen LogP contribution in [0.3, 0.4) is 0 Å². The molecule has 2 aliphatic heterocycles. The predicted octanol–water partition coefficient (Wildman–Crippen LogP) is 1.08. The lowest BCUT2D eigenvalue weighted by Gasteiger charge is -2.19. The van der Waals surface area contributed by atoms with E-state index >= 15 is 0 Å². The van der Waals surface area contributed by atoms with Crippen molar-refractivity contribution in [2.45, 2.75) is 45.2 Å². The SMILES string of the molecule is CCN1CCCC1c1nc2n(n1)CC(C(=O)O)CC2. The first-order chi connectivity index (χ1) is 9.19. The summed E-state index contributed by atoms with van der Waals surface area (Å²) in [5, 5.41) is 13.7. The van der Waals surface area contributed by atoms with Crippen LogP contribution in [0.4, 0.5) is 0 Å². The van der Waals surface area contributed by atoms with E-state index in [9.17, 15) is 4.79 Å². The average Bonchev–Trinajstić information content (AvgIpc) is 3.03. The van der Waals surface area contributed by atoms with Crippen LogP contribution in [0.1, 0.15) is 43.9 Å². The largest absolute Gasteiger partial charge is 0.481 e. The average molecular weight is 264 g/mol. The normalized spacial score (nSPS) is 27.4. The van der Waals surface area contributed by atoms with Gasteiger partial charge < -0.3 is 5.11 Å². The fraction of sp³-hybridized carbons (Fsp3) is 0.769. The number of carboxylic acid groups (broad SMARTS) is 1. The van der Waals surface area contributed by atoms with Gasteiger partial charge in [-0.05, 0) is 32.4 Å². The standard InChI is InChI=1S/C13H20N4O2/c1-2-16-7-3-4-10(16)12-14-11-6-5-9(13(18)19)8-17(11)15-12/h9-10H,2-8H2,1H3,(H,18,19). The highest BCUT2D eigenvalue weighted by molar-refractivity contribution is 5.70. The summed E-state index contributed by atoms with van der Waals surface area (Å²) in [6.45, 7) is 4.76. The van der Waals surface area contributed by atoms with Crippen molar-refractivity contribution in [2.75, 3.05) is 13.1 Å². The molecule has 1 fully saturated rings. The monoisotopic (exact) mass is 264 g/mol. The number of hydrogen-bond donors (Lipinski definition) is 1. The highest BCUT2D eigenvalue weighted by atomic mass is 16.4. The Bertz CT molecular complexity index is 485. The van der Waals surface area contributed by atoms with E-state index in [0.717, 1.165) is 37.6 Å². The molecule has 2 unspecified atom stereocenters. The minimum Gasteiger partial charge on any atom is -0.481 e. The van der Waals surface area contributed by atoms with Crippen LogP contribution in [0, 0.1) is 5.92 Å². The molecule has 2 aliphatic rings. The van der Waals surface area contributed by atoms with E-state index in [1.54, 1.807) is 0 Å². The van der Waals surface area contributed by atoms with Crippen molar-refractivity contribution in [2.24, 2.45) is 5.92 Å². The maximum absolute atomic E-state index is 11.1. The number of aliphatic carboxylic acids is 1. The predicted molar refractivity (Wildman–Crippen MR) is 68.7 cm³/mol. The molecule has 0 spiro atoms. The van der Waals surface area contributed by atoms with Crippen LogP contribution in [-0.2, 0) is 17.8 Å². The van der Waals surface area contributed by atoms with Gasteiger partial charge in [-0.3, -0.25) is 9.69 Å². The first kappa shape index (κ1) is 12.6. The fourth-order valence-electron chi connectivity index (χ4n) is 3.17. The molecule has 0 aromatic carbocycles. The molecule has 19 heavy (non-hydrogen) atoms. The van der Waals surface area contributed by atoms with Gasteiger partial charge in [-0.1, -0.05) is 6.92 Å². The first-order valence-electron chi connectivity index (χ1n) is 7.09. The summed E-state index contributed by atoms with van der Waals surface area (Å²) >= 11 is 0. The second kappa shape index (κ2) is 4.92. The lowest BCUT2D eigenvalue weighted by atomic mass is 10.0. The van der Waals surface area contributed by atoms with Crippen molar-refractivity contribution >= 4 is 5.97 Å². The summed E-state index contributed by atoms with van der Waals surface area (Å²) in [6, 6.07) is 0.325. The Morgan fingerprint density at radius 3 is 3.05 bits per heavy atom. The zero-order chi connectivity index (χ0) is 13.4. The Hall–Kier alpha value is -1.43. The van der Waals surface area contributed by atoms with E-state index < -0.39 is 5.97 Å². The van der Waals surface area contributed by atoms with Gasteiger partial charge in [0.1, 0.15) is 5.82 Å². The molecule has 0 amide bonds. The number of nitrogens with zero attached hydrogens (tertiary/aromatic N) is 4. The molecular formula is C13H20N4O2. The smallest absolute Gasteiger partial charge is 0.308 e. The highest BCUT2D eigenvalue weighted by Crippen LogP contribution is 2.30.